The van der Waals surface area contributed by atoms with E-state index in [-0.39, 0.29) is 11.9 Å². The Morgan fingerprint density at radius 2 is 2.38 bits per heavy atom. The number of hydrogen-bond donors (Lipinski definition) is 2. The van der Waals surface area contributed by atoms with E-state index in [0.29, 0.717) is 26.1 Å². The lowest BCUT2D eigenvalue weighted by molar-refractivity contribution is -0.149. The molecule has 1 aromatic rings. The number of fused-ring (bicyclic) bond motifs is 1. The van der Waals surface area contributed by atoms with E-state index in [9.17, 15) is 14.7 Å². The quantitative estimate of drug-likeness (QED) is 0.896. The monoisotopic (exact) mass is 308 g/mol. The molecule has 1 aromatic heterocycles. The fourth-order valence-corrected chi connectivity index (χ4v) is 4.36. The van der Waals surface area contributed by atoms with Crippen molar-refractivity contribution in [1.82, 2.24) is 10.2 Å². The number of urea groups is 1. The second-order valence-corrected chi connectivity index (χ2v) is 6.82. The Bertz CT molecular complexity index is 531. The maximum absolute atomic E-state index is 12.2. The van der Waals surface area contributed by atoms with Gasteiger partial charge in [-0.15, -0.1) is 0 Å². The zero-order valence-electron chi connectivity index (χ0n) is 11.9. The number of aliphatic carboxylic acids is 1. The number of carboxylic acids is 1. The van der Waals surface area contributed by atoms with Crippen molar-refractivity contribution in [2.45, 2.75) is 25.7 Å². The molecule has 2 atom stereocenters. The Morgan fingerprint density at radius 3 is 3.05 bits per heavy atom. The highest BCUT2D eigenvalue weighted by molar-refractivity contribution is 7.07. The Labute approximate surface area is 128 Å². The molecule has 21 heavy (non-hydrogen) atoms. The van der Waals surface area contributed by atoms with Crippen LogP contribution in [0.15, 0.2) is 16.8 Å². The first kappa shape index (κ1) is 14.4. The van der Waals surface area contributed by atoms with E-state index in [2.05, 4.69) is 16.8 Å². The van der Waals surface area contributed by atoms with Gasteiger partial charge in [0, 0.05) is 19.6 Å². The summed E-state index contributed by atoms with van der Waals surface area (Å²) in [5.41, 5.74) is 0.533. The lowest BCUT2D eigenvalue weighted by atomic mass is 9.81. The van der Waals surface area contributed by atoms with Gasteiger partial charge in [0.25, 0.3) is 0 Å². The predicted molar refractivity (Wildman–Crippen MR) is 80.4 cm³/mol. The smallest absolute Gasteiger partial charge is 0.317 e. The number of rotatable bonds is 4. The van der Waals surface area contributed by atoms with Crippen molar-refractivity contribution in [3.05, 3.63) is 22.4 Å². The molecule has 114 valence electrons. The average molecular weight is 308 g/mol. The fraction of sp³-hybridized carbons (Fsp3) is 0.600. The standard InChI is InChI=1S/C15H20N2O3S/c18-13(19)15-5-1-2-12(15)8-17(10-15)14(20)16-6-3-11-4-7-21-9-11/h4,7,9,12H,1-3,5-6,8,10H2,(H,16,20)(H,18,19)/t12-,15+/m0/s1. The molecule has 2 amide bonds. The molecule has 0 bridgehead atoms. The maximum Gasteiger partial charge on any atom is 0.317 e. The largest absolute Gasteiger partial charge is 0.481 e. The van der Waals surface area contributed by atoms with Crippen molar-refractivity contribution in [3.63, 3.8) is 0 Å². The molecule has 0 unspecified atom stereocenters. The van der Waals surface area contributed by atoms with Crippen LogP contribution in [0.25, 0.3) is 0 Å². The number of carbonyl (C=O) groups is 2. The molecular weight excluding hydrogens is 288 g/mol. The highest BCUT2D eigenvalue weighted by Crippen LogP contribution is 2.48. The molecule has 2 fully saturated rings. The molecule has 1 saturated carbocycles. The molecule has 2 heterocycles. The predicted octanol–water partition coefficient (Wildman–Crippen LogP) is 2.19. The lowest BCUT2D eigenvalue weighted by Crippen LogP contribution is -2.42. The van der Waals surface area contributed by atoms with Crippen LogP contribution in [-0.4, -0.2) is 41.6 Å². The first-order valence-electron chi connectivity index (χ1n) is 7.39. The van der Waals surface area contributed by atoms with Crippen LogP contribution in [-0.2, 0) is 11.2 Å². The fourth-order valence-electron chi connectivity index (χ4n) is 3.65. The molecule has 0 radical (unpaired) electrons. The van der Waals surface area contributed by atoms with E-state index >= 15 is 0 Å². The minimum Gasteiger partial charge on any atom is -0.481 e. The zero-order chi connectivity index (χ0) is 14.9. The summed E-state index contributed by atoms with van der Waals surface area (Å²) < 4.78 is 0. The van der Waals surface area contributed by atoms with Gasteiger partial charge in [0.1, 0.15) is 0 Å². The van der Waals surface area contributed by atoms with Crippen molar-refractivity contribution in [2.75, 3.05) is 19.6 Å². The summed E-state index contributed by atoms with van der Waals surface area (Å²) in [4.78, 5) is 25.5. The molecule has 3 rings (SSSR count). The molecule has 1 aliphatic carbocycles. The van der Waals surface area contributed by atoms with Gasteiger partial charge in [0.2, 0.25) is 0 Å². The average Bonchev–Trinajstić information content (AvgIpc) is 3.13. The van der Waals surface area contributed by atoms with Gasteiger partial charge in [-0.2, -0.15) is 11.3 Å². The zero-order valence-corrected chi connectivity index (χ0v) is 12.7. The third-order valence-electron chi connectivity index (χ3n) is 4.85. The Balaban J connectivity index is 1.53. The molecule has 5 nitrogen and oxygen atoms in total. The van der Waals surface area contributed by atoms with Crippen LogP contribution in [0.2, 0.25) is 0 Å². The summed E-state index contributed by atoms with van der Waals surface area (Å²) in [6.07, 6.45) is 3.40. The van der Waals surface area contributed by atoms with Gasteiger partial charge < -0.3 is 15.3 Å². The van der Waals surface area contributed by atoms with Gasteiger partial charge in [-0.05, 0) is 47.6 Å². The van der Waals surface area contributed by atoms with Crippen molar-refractivity contribution in [3.8, 4) is 0 Å². The van der Waals surface area contributed by atoms with Crippen molar-refractivity contribution in [1.29, 1.82) is 0 Å². The number of likely N-dealkylation sites (tertiary alicyclic amines) is 1. The number of amides is 2. The van der Waals surface area contributed by atoms with Crippen LogP contribution < -0.4 is 5.32 Å². The minimum atomic E-state index is -0.737. The molecule has 1 saturated heterocycles. The lowest BCUT2D eigenvalue weighted by Gasteiger charge is -2.23. The second-order valence-electron chi connectivity index (χ2n) is 6.04. The van der Waals surface area contributed by atoms with Crippen LogP contribution in [0.3, 0.4) is 0 Å². The number of hydrogen-bond acceptors (Lipinski definition) is 3. The molecule has 2 aliphatic rings. The van der Waals surface area contributed by atoms with E-state index in [1.165, 1.54) is 5.56 Å². The number of nitrogens with zero attached hydrogens (tertiary/aromatic N) is 1. The summed E-state index contributed by atoms with van der Waals surface area (Å²) >= 11 is 1.65. The van der Waals surface area contributed by atoms with E-state index in [1.807, 2.05) is 5.38 Å². The summed E-state index contributed by atoms with van der Waals surface area (Å²) in [6, 6.07) is 1.93. The third kappa shape index (κ3) is 2.64. The van der Waals surface area contributed by atoms with Crippen molar-refractivity contribution < 1.29 is 14.7 Å². The second kappa shape index (κ2) is 5.67. The van der Waals surface area contributed by atoms with Gasteiger partial charge in [-0.1, -0.05) is 6.42 Å². The highest BCUT2D eigenvalue weighted by Gasteiger charge is 2.55. The number of carbonyl (C=O) groups excluding carboxylic acids is 1. The molecule has 1 aliphatic heterocycles. The molecule has 2 N–H and O–H groups in total. The van der Waals surface area contributed by atoms with Crippen LogP contribution in [0.1, 0.15) is 24.8 Å². The summed E-state index contributed by atoms with van der Waals surface area (Å²) in [6.45, 7) is 1.53. The van der Waals surface area contributed by atoms with Gasteiger partial charge in [0.05, 0.1) is 5.41 Å². The van der Waals surface area contributed by atoms with E-state index in [1.54, 1.807) is 16.2 Å². The van der Waals surface area contributed by atoms with E-state index in [4.69, 9.17) is 0 Å². The number of thiophene rings is 1. The highest BCUT2D eigenvalue weighted by atomic mass is 32.1. The first-order chi connectivity index (χ1) is 10.1. The van der Waals surface area contributed by atoms with Gasteiger partial charge >= 0.3 is 12.0 Å². The Kier molecular flexibility index (Phi) is 3.89. The van der Waals surface area contributed by atoms with Crippen LogP contribution in [0.5, 0.6) is 0 Å². The summed E-state index contributed by atoms with van der Waals surface area (Å²) in [5, 5.41) is 16.5. The summed E-state index contributed by atoms with van der Waals surface area (Å²) in [7, 11) is 0. The van der Waals surface area contributed by atoms with Crippen LogP contribution in [0.4, 0.5) is 4.79 Å². The van der Waals surface area contributed by atoms with Gasteiger partial charge in [-0.25, -0.2) is 4.79 Å². The maximum atomic E-state index is 12.2. The van der Waals surface area contributed by atoms with Crippen LogP contribution in [0, 0.1) is 11.3 Å². The third-order valence-corrected chi connectivity index (χ3v) is 5.59. The van der Waals surface area contributed by atoms with Crippen LogP contribution >= 0.6 is 11.3 Å². The number of carboxylic acid groups (broad SMARTS) is 1. The van der Waals surface area contributed by atoms with Crippen molar-refractivity contribution in [2.24, 2.45) is 11.3 Å². The van der Waals surface area contributed by atoms with Crippen molar-refractivity contribution >= 4 is 23.3 Å². The van der Waals surface area contributed by atoms with E-state index < -0.39 is 11.4 Å². The summed E-state index contributed by atoms with van der Waals surface area (Å²) in [5.74, 6) is -0.615. The molecule has 6 heteroatoms. The van der Waals surface area contributed by atoms with Gasteiger partial charge in [-0.3, -0.25) is 4.79 Å². The molecular formula is C15H20N2O3S. The Hall–Kier alpha value is -1.56. The molecule has 0 aromatic carbocycles. The van der Waals surface area contributed by atoms with E-state index in [0.717, 1.165) is 19.3 Å². The minimum absolute atomic E-state index is 0.123. The van der Waals surface area contributed by atoms with Gasteiger partial charge in [0.15, 0.2) is 0 Å². The Morgan fingerprint density at radius 1 is 1.52 bits per heavy atom. The first-order valence-corrected chi connectivity index (χ1v) is 8.33. The SMILES string of the molecule is O=C(NCCc1ccsc1)N1C[C@@H]2CCC[C@@]2(C(=O)O)C1. The normalized spacial score (nSPS) is 27.6. The molecule has 0 spiro atoms. The topological polar surface area (TPSA) is 69.6 Å². The number of nitrogens with one attached hydrogen (secondary N) is 1.